The monoisotopic (exact) mass is 341 g/mol. The third kappa shape index (κ3) is 4.14. The molecule has 1 N–H and O–H groups in total. The molecule has 23 heavy (non-hydrogen) atoms. The number of ether oxygens (including phenoxy) is 1. The fourth-order valence-corrected chi connectivity index (χ4v) is 5.69. The first kappa shape index (κ1) is 16.9. The van der Waals surface area contributed by atoms with Crippen LogP contribution >= 0.6 is 0 Å². The molecular formula is C16H27N3O3S. The molecule has 0 amide bonds. The Morgan fingerprint density at radius 3 is 2.91 bits per heavy atom. The molecule has 1 aliphatic carbocycles. The fourth-order valence-electron chi connectivity index (χ4n) is 3.97. The first-order valence-corrected chi connectivity index (χ1v) is 10.2. The molecule has 1 saturated carbocycles. The number of aryl methyl sites for hydroxylation is 1. The number of hydrogen-bond acceptors (Lipinski definition) is 4. The fraction of sp³-hybridized carbons (Fsp3) is 0.812. The lowest BCUT2D eigenvalue weighted by Crippen LogP contribution is -2.40. The minimum absolute atomic E-state index is 0.198. The van der Waals surface area contributed by atoms with Gasteiger partial charge in [-0.25, -0.2) is 13.1 Å². The van der Waals surface area contributed by atoms with Crippen LogP contribution in [0.25, 0.3) is 0 Å². The van der Waals surface area contributed by atoms with E-state index in [0.29, 0.717) is 18.9 Å². The molecule has 0 radical (unpaired) electrons. The molecule has 3 rings (SSSR count). The molecule has 130 valence electrons. The summed E-state index contributed by atoms with van der Waals surface area (Å²) in [6.45, 7) is 2.79. The third-order valence-corrected chi connectivity index (χ3v) is 6.65. The Balaban J connectivity index is 1.64. The second-order valence-electron chi connectivity index (χ2n) is 7.10. The van der Waals surface area contributed by atoms with Crippen molar-refractivity contribution in [1.29, 1.82) is 0 Å². The second-order valence-corrected chi connectivity index (χ2v) is 8.90. The van der Waals surface area contributed by atoms with Gasteiger partial charge in [0, 0.05) is 19.9 Å². The SMILES string of the molecule is CC1CCCC(CS(=O)(=O)N[C@H]2CCO[C@@H]2c2ccnn2C)C1. The van der Waals surface area contributed by atoms with Gasteiger partial charge in [0.15, 0.2) is 0 Å². The van der Waals surface area contributed by atoms with Crippen molar-refractivity contribution < 1.29 is 13.2 Å². The van der Waals surface area contributed by atoms with Gasteiger partial charge in [-0.05, 0) is 37.2 Å². The molecule has 4 atom stereocenters. The Kier molecular flexibility index (Phi) is 5.08. The minimum Gasteiger partial charge on any atom is -0.370 e. The number of nitrogens with one attached hydrogen (secondary N) is 1. The minimum atomic E-state index is -3.28. The Hall–Kier alpha value is -0.920. The van der Waals surface area contributed by atoms with Crippen LogP contribution < -0.4 is 4.72 Å². The largest absolute Gasteiger partial charge is 0.370 e. The van der Waals surface area contributed by atoms with E-state index in [9.17, 15) is 8.42 Å². The summed E-state index contributed by atoms with van der Waals surface area (Å²) in [7, 11) is -1.43. The summed E-state index contributed by atoms with van der Waals surface area (Å²) in [5, 5.41) is 4.15. The van der Waals surface area contributed by atoms with Crippen LogP contribution in [0.2, 0.25) is 0 Å². The lowest BCUT2D eigenvalue weighted by atomic mass is 9.83. The van der Waals surface area contributed by atoms with Crippen molar-refractivity contribution in [2.45, 2.75) is 51.2 Å². The zero-order valence-corrected chi connectivity index (χ0v) is 14.8. The van der Waals surface area contributed by atoms with Crippen molar-refractivity contribution in [3.8, 4) is 0 Å². The summed E-state index contributed by atoms with van der Waals surface area (Å²) in [5.74, 6) is 1.17. The highest BCUT2D eigenvalue weighted by atomic mass is 32.2. The van der Waals surface area contributed by atoms with E-state index in [1.807, 2.05) is 13.1 Å². The highest BCUT2D eigenvalue weighted by molar-refractivity contribution is 7.89. The van der Waals surface area contributed by atoms with Gasteiger partial charge < -0.3 is 4.74 Å². The zero-order chi connectivity index (χ0) is 16.4. The van der Waals surface area contributed by atoms with E-state index >= 15 is 0 Å². The first-order valence-electron chi connectivity index (χ1n) is 8.54. The molecule has 2 unspecified atom stereocenters. The molecule has 2 heterocycles. The molecule has 6 nitrogen and oxygen atoms in total. The van der Waals surface area contributed by atoms with Crippen molar-refractivity contribution in [2.24, 2.45) is 18.9 Å². The highest BCUT2D eigenvalue weighted by Gasteiger charge is 2.35. The summed E-state index contributed by atoms with van der Waals surface area (Å²) in [6.07, 6.45) is 6.59. The normalized spacial score (nSPS) is 32.3. The van der Waals surface area contributed by atoms with E-state index in [1.54, 1.807) is 10.9 Å². The summed E-state index contributed by atoms with van der Waals surface area (Å²) in [4.78, 5) is 0. The van der Waals surface area contributed by atoms with E-state index in [4.69, 9.17) is 4.74 Å². The molecule has 0 bridgehead atoms. The highest BCUT2D eigenvalue weighted by Crippen LogP contribution is 2.31. The smallest absolute Gasteiger partial charge is 0.212 e. The van der Waals surface area contributed by atoms with Gasteiger partial charge in [0.05, 0.1) is 17.5 Å². The first-order chi connectivity index (χ1) is 10.9. The lowest BCUT2D eigenvalue weighted by Gasteiger charge is -2.27. The Labute approximate surface area is 138 Å². The molecule has 0 spiro atoms. The zero-order valence-electron chi connectivity index (χ0n) is 13.9. The molecule has 1 aliphatic heterocycles. The van der Waals surface area contributed by atoms with Crippen molar-refractivity contribution in [3.05, 3.63) is 18.0 Å². The molecule has 0 aromatic carbocycles. The number of hydrogen-bond donors (Lipinski definition) is 1. The van der Waals surface area contributed by atoms with Gasteiger partial charge in [-0.1, -0.05) is 19.8 Å². The maximum atomic E-state index is 12.6. The summed E-state index contributed by atoms with van der Waals surface area (Å²) in [5.41, 5.74) is 0.918. The van der Waals surface area contributed by atoms with Crippen LogP contribution in [0, 0.1) is 11.8 Å². The van der Waals surface area contributed by atoms with E-state index in [2.05, 4.69) is 16.7 Å². The maximum absolute atomic E-state index is 12.6. The van der Waals surface area contributed by atoms with Crippen LogP contribution in [-0.2, 0) is 21.8 Å². The average Bonchev–Trinajstić information content (AvgIpc) is 3.06. The van der Waals surface area contributed by atoms with Crippen LogP contribution in [-0.4, -0.2) is 36.6 Å². The Morgan fingerprint density at radius 1 is 1.39 bits per heavy atom. The quantitative estimate of drug-likeness (QED) is 0.889. The van der Waals surface area contributed by atoms with Crippen LogP contribution in [0.3, 0.4) is 0 Å². The van der Waals surface area contributed by atoms with E-state index in [0.717, 1.165) is 25.0 Å². The standard InChI is InChI=1S/C16H27N3O3S/c1-12-4-3-5-13(10-12)11-23(20,21)18-14-7-9-22-16(14)15-6-8-17-19(15)2/h6,8,12-14,16,18H,3-5,7,9-11H2,1-2H3/t12?,13?,14-,16-/m0/s1. The molecule has 7 heteroatoms. The number of rotatable bonds is 5. The van der Waals surface area contributed by atoms with Crippen LogP contribution in [0.4, 0.5) is 0 Å². The molecule has 1 saturated heterocycles. The average molecular weight is 341 g/mol. The van der Waals surface area contributed by atoms with Crippen LogP contribution in [0.1, 0.15) is 50.8 Å². The number of aromatic nitrogens is 2. The van der Waals surface area contributed by atoms with Gasteiger partial charge in [-0.2, -0.15) is 5.10 Å². The third-order valence-electron chi connectivity index (χ3n) is 5.07. The van der Waals surface area contributed by atoms with Crippen molar-refractivity contribution in [1.82, 2.24) is 14.5 Å². The summed E-state index contributed by atoms with van der Waals surface area (Å²) in [6, 6.07) is 1.69. The topological polar surface area (TPSA) is 73.2 Å². The number of nitrogens with zero attached hydrogens (tertiary/aromatic N) is 2. The van der Waals surface area contributed by atoms with Crippen molar-refractivity contribution in [3.63, 3.8) is 0 Å². The van der Waals surface area contributed by atoms with E-state index < -0.39 is 10.0 Å². The Morgan fingerprint density at radius 2 is 2.22 bits per heavy atom. The predicted octanol–water partition coefficient (Wildman–Crippen LogP) is 2.00. The summed E-state index contributed by atoms with van der Waals surface area (Å²) >= 11 is 0. The van der Waals surface area contributed by atoms with Crippen molar-refractivity contribution >= 4 is 10.0 Å². The molecule has 1 aromatic heterocycles. The maximum Gasteiger partial charge on any atom is 0.212 e. The van der Waals surface area contributed by atoms with E-state index in [1.165, 1.54) is 6.42 Å². The lowest BCUT2D eigenvalue weighted by molar-refractivity contribution is 0.0958. The van der Waals surface area contributed by atoms with Gasteiger partial charge in [-0.3, -0.25) is 4.68 Å². The molecule has 2 fully saturated rings. The Bertz CT molecular complexity index is 628. The second kappa shape index (κ2) is 6.91. The van der Waals surface area contributed by atoms with Crippen LogP contribution in [0.15, 0.2) is 12.3 Å². The molecule has 1 aromatic rings. The predicted molar refractivity (Wildman–Crippen MR) is 88.4 cm³/mol. The number of sulfonamides is 1. The van der Waals surface area contributed by atoms with E-state index in [-0.39, 0.29) is 23.8 Å². The van der Waals surface area contributed by atoms with Gasteiger partial charge in [0.1, 0.15) is 6.10 Å². The summed E-state index contributed by atoms with van der Waals surface area (Å²) < 4.78 is 35.5. The van der Waals surface area contributed by atoms with Crippen LogP contribution in [0.5, 0.6) is 0 Å². The van der Waals surface area contributed by atoms with Crippen molar-refractivity contribution in [2.75, 3.05) is 12.4 Å². The molecular weight excluding hydrogens is 314 g/mol. The van der Waals surface area contributed by atoms with Gasteiger partial charge in [0.2, 0.25) is 10.0 Å². The van der Waals surface area contributed by atoms with Gasteiger partial charge in [-0.15, -0.1) is 0 Å². The molecule has 2 aliphatic rings. The van der Waals surface area contributed by atoms with Gasteiger partial charge in [0.25, 0.3) is 0 Å². The van der Waals surface area contributed by atoms with Gasteiger partial charge >= 0.3 is 0 Å².